The largest absolute Gasteiger partial charge is 0.454 e. The summed E-state index contributed by atoms with van der Waals surface area (Å²) in [4.78, 5) is 12.5. The van der Waals surface area contributed by atoms with Crippen molar-refractivity contribution in [2.45, 2.75) is 88.7 Å². The molecule has 8 heteroatoms. The highest BCUT2D eigenvalue weighted by atomic mass is 28.3. The Morgan fingerprint density at radius 1 is 1.11 bits per heavy atom. The van der Waals surface area contributed by atoms with Crippen LogP contribution in [-0.4, -0.2) is 63.6 Å². The summed E-state index contributed by atoms with van der Waals surface area (Å²) in [6.07, 6.45) is -4.60. The van der Waals surface area contributed by atoms with Gasteiger partial charge in [-0.25, -0.2) is 0 Å². The Morgan fingerprint density at radius 3 is 2.49 bits per heavy atom. The van der Waals surface area contributed by atoms with E-state index >= 15 is 0 Å². The molecule has 0 aromatic heterocycles. The number of aliphatic hydroxyl groups is 1. The minimum absolute atomic E-state index is 0.0803. The smallest absolute Gasteiger partial charge is 0.307 e. The summed E-state index contributed by atoms with van der Waals surface area (Å²) < 4.78 is 28.5. The number of ether oxygens (including phenoxy) is 5. The molecule has 2 fully saturated rings. The Kier molecular flexibility index (Phi) is 10.4. The summed E-state index contributed by atoms with van der Waals surface area (Å²) >= 11 is 0. The molecule has 2 aliphatic rings. The van der Waals surface area contributed by atoms with E-state index in [-0.39, 0.29) is 13.0 Å². The predicted octanol–water partition coefficient (Wildman–Crippen LogP) is 3.58. The fourth-order valence-electron chi connectivity index (χ4n) is 4.32. The molecule has 2 saturated heterocycles. The summed E-state index contributed by atoms with van der Waals surface area (Å²) in [5.74, 6) is 8.31. The zero-order valence-electron chi connectivity index (χ0n) is 21.0. The van der Waals surface area contributed by atoms with Gasteiger partial charge in [0, 0.05) is 19.1 Å². The van der Waals surface area contributed by atoms with E-state index in [1.54, 1.807) is 0 Å². The van der Waals surface area contributed by atoms with Crippen molar-refractivity contribution in [2.24, 2.45) is 0 Å². The van der Waals surface area contributed by atoms with E-state index in [2.05, 4.69) is 44.1 Å². The van der Waals surface area contributed by atoms with Crippen LogP contribution >= 0.6 is 0 Å². The summed E-state index contributed by atoms with van der Waals surface area (Å²) in [5.41, 5.74) is 4.24. The van der Waals surface area contributed by atoms with Crippen molar-refractivity contribution in [1.29, 1.82) is 0 Å². The lowest BCUT2D eigenvalue weighted by Gasteiger charge is -2.46. The summed E-state index contributed by atoms with van der Waals surface area (Å²) in [6.45, 7) is 6.81. The van der Waals surface area contributed by atoms with Crippen LogP contribution in [0.1, 0.15) is 45.5 Å². The fraction of sp³-hybridized carbons (Fsp3) is 0.593. The third-order valence-electron chi connectivity index (χ3n) is 6.84. The Bertz CT molecular complexity index is 933. The summed E-state index contributed by atoms with van der Waals surface area (Å²) in [6, 6.07) is 12.8. The first kappa shape index (κ1) is 27.4. The first-order valence-corrected chi connectivity index (χ1v) is 15.0. The second kappa shape index (κ2) is 13.2. The average molecular weight is 501 g/mol. The summed E-state index contributed by atoms with van der Waals surface area (Å²) in [7, 11) is -0.0844. The second-order valence-electron chi connectivity index (χ2n) is 8.79. The number of fused-ring (bicyclic) bond motifs is 1. The maximum atomic E-state index is 12.5. The highest BCUT2D eigenvalue weighted by Crippen LogP contribution is 2.35. The quantitative estimate of drug-likeness (QED) is 0.332. The van der Waals surface area contributed by atoms with Gasteiger partial charge in [-0.3, -0.25) is 4.79 Å². The van der Waals surface area contributed by atoms with Gasteiger partial charge in [0.15, 0.2) is 18.7 Å². The highest BCUT2D eigenvalue weighted by molar-refractivity contribution is 6.87. The van der Waals surface area contributed by atoms with Crippen molar-refractivity contribution in [3.8, 4) is 23.3 Å². The lowest BCUT2D eigenvalue weighted by atomic mass is 9.97. The molecule has 7 nitrogen and oxygen atoms in total. The van der Waals surface area contributed by atoms with Gasteiger partial charge in [-0.2, -0.15) is 0 Å². The maximum absolute atomic E-state index is 12.5. The number of hydrogen-bond donors (Lipinski definition) is 1. The number of rotatable bonds is 8. The Hall–Kier alpha value is -2.17. The molecule has 0 radical (unpaired) electrons. The number of carbonyl (C=O) groups excluding carboxylic acids is 1. The zero-order chi connectivity index (χ0) is 25.3. The normalized spacial score (nSPS) is 28.0. The van der Waals surface area contributed by atoms with E-state index in [9.17, 15) is 9.90 Å². The molecule has 2 heterocycles. The van der Waals surface area contributed by atoms with E-state index < -0.39 is 51.0 Å². The van der Waals surface area contributed by atoms with Crippen LogP contribution in [0.15, 0.2) is 30.3 Å². The Morgan fingerprint density at radius 2 is 1.83 bits per heavy atom. The maximum Gasteiger partial charge on any atom is 0.307 e. The minimum atomic E-state index is -1.52. The van der Waals surface area contributed by atoms with Gasteiger partial charge in [-0.15, -0.1) is 5.54 Å². The van der Waals surface area contributed by atoms with E-state index in [1.165, 1.54) is 7.11 Å². The molecule has 0 unspecified atom stereocenters. The molecule has 190 valence electrons. The standard InChI is InChI=1S/C27H36O7Si/c1-5-35(6-2,7-3)18-14-9-8-13-17-22(28)33-25-23(29)24-21(32-27(25)30-4)19-31-26(34-24)20-15-11-10-12-16-20/h10-12,15-16,21,23-27,29H,5-7,13,17,19H2,1-4H3/t21-,23+,24-,25-,26-,27+/m1/s1. The number of methoxy groups -OCH3 is 1. The fourth-order valence-corrected chi connectivity index (χ4v) is 6.68. The molecule has 0 bridgehead atoms. The molecule has 1 aromatic carbocycles. The molecule has 0 amide bonds. The predicted molar refractivity (Wildman–Crippen MR) is 134 cm³/mol. The van der Waals surface area contributed by atoms with E-state index in [0.717, 1.165) is 23.7 Å². The van der Waals surface area contributed by atoms with Gasteiger partial charge in [0.2, 0.25) is 0 Å². The van der Waals surface area contributed by atoms with Crippen molar-refractivity contribution in [3.63, 3.8) is 0 Å². The van der Waals surface area contributed by atoms with Gasteiger partial charge in [0.05, 0.1) is 13.0 Å². The highest BCUT2D eigenvalue weighted by Gasteiger charge is 2.51. The lowest BCUT2D eigenvalue weighted by molar-refractivity contribution is -0.358. The monoisotopic (exact) mass is 500 g/mol. The second-order valence-corrected chi connectivity index (χ2v) is 13.7. The average Bonchev–Trinajstić information content (AvgIpc) is 2.90. The van der Waals surface area contributed by atoms with E-state index in [0.29, 0.717) is 6.42 Å². The van der Waals surface area contributed by atoms with Crippen LogP contribution in [0, 0.1) is 23.3 Å². The van der Waals surface area contributed by atoms with Gasteiger partial charge < -0.3 is 28.8 Å². The van der Waals surface area contributed by atoms with Crippen molar-refractivity contribution in [3.05, 3.63) is 35.9 Å². The van der Waals surface area contributed by atoms with Crippen LogP contribution in [0.25, 0.3) is 0 Å². The van der Waals surface area contributed by atoms with Gasteiger partial charge in [-0.1, -0.05) is 57.0 Å². The first-order chi connectivity index (χ1) is 17.0. The third kappa shape index (κ3) is 6.95. The van der Waals surface area contributed by atoms with Crippen molar-refractivity contribution in [1.82, 2.24) is 0 Å². The number of carbonyl (C=O) groups is 1. The molecular weight excluding hydrogens is 464 g/mol. The van der Waals surface area contributed by atoms with Gasteiger partial charge in [0.1, 0.15) is 26.4 Å². The number of aliphatic hydroxyl groups excluding tert-OH is 1. The number of benzene rings is 1. The minimum Gasteiger partial charge on any atom is -0.454 e. The summed E-state index contributed by atoms with van der Waals surface area (Å²) in [5, 5.41) is 11.0. The van der Waals surface area contributed by atoms with Gasteiger partial charge in [0.25, 0.3) is 0 Å². The molecule has 35 heavy (non-hydrogen) atoms. The third-order valence-corrected chi connectivity index (χ3v) is 11.6. The molecule has 3 rings (SSSR count). The molecular formula is C27H36O7Si. The van der Waals surface area contributed by atoms with Crippen LogP contribution < -0.4 is 0 Å². The molecule has 0 spiro atoms. The lowest BCUT2D eigenvalue weighted by Crippen LogP contribution is -2.63. The van der Waals surface area contributed by atoms with Crippen molar-refractivity contribution in [2.75, 3.05) is 13.7 Å². The molecule has 0 saturated carbocycles. The number of hydrogen-bond acceptors (Lipinski definition) is 7. The topological polar surface area (TPSA) is 83.5 Å². The van der Waals surface area contributed by atoms with Crippen molar-refractivity contribution >= 4 is 14.0 Å². The molecule has 2 aliphatic heterocycles. The van der Waals surface area contributed by atoms with Crippen LogP contribution in [0.2, 0.25) is 18.1 Å². The first-order valence-electron chi connectivity index (χ1n) is 12.3. The zero-order valence-corrected chi connectivity index (χ0v) is 22.0. The van der Waals surface area contributed by atoms with Crippen molar-refractivity contribution < 1.29 is 33.6 Å². The molecule has 1 N–H and O–H groups in total. The van der Waals surface area contributed by atoms with Crippen LogP contribution in [0.4, 0.5) is 0 Å². The van der Waals surface area contributed by atoms with E-state index in [4.69, 9.17) is 23.7 Å². The van der Waals surface area contributed by atoms with Gasteiger partial charge >= 0.3 is 5.97 Å². The van der Waals surface area contributed by atoms with Gasteiger partial charge in [-0.05, 0) is 30.0 Å². The molecule has 1 aromatic rings. The van der Waals surface area contributed by atoms with Crippen LogP contribution in [0.3, 0.4) is 0 Å². The Labute approximate surface area is 209 Å². The van der Waals surface area contributed by atoms with E-state index in [1.807, 2.05) is 30.3 Å². The molecule has 0 aliphatic carbocycles. The molecule has 6 atom stereocenters. The van der Waals surface area contributed by atoms with Crippen LogP contribution in [0.5, 0.6) is 0 Å². The number of esters is 1. The van der Waals surface area contributed by atoms with Crippen LogP contribution in [-0.2, 0) is 28.5 Å². The SMILES string of the molecule is CC[Si](C#CC#CCCC(=O)O[C@H]1[C@@H](OC)O[C@@H]2CO[C@@H](c3ccccc3)O[C@H]2[C@@H]1O)(CC)CC. The Balaban J connectivity index is 1.56.